The van der Waals surface area contributed by atoms with Crippen molar-refractivity contribution < 1.29 is 14.3 Å². The molecule has 0 spiro atoms. The molecule has 0 aliphatic carbocycles. The number of ketones is 2. The first-order valence-corrected chi connectivity index (χ1v) is 5.74. The number of hydrogen-bond acceptors (Lipinski definition) is 4. The van der Waals surface area contributed by atoms with Crippen LogP contribution in [0.2, 0.25) is 0 Å². The summed E-state index contributed by atoms with van der Waals surface area (Å²) in [5.41, 5.74) is 2.04. The molecule has 0 fully saturated rings. The summed E-state index contributed by atoms with van der Waals surface area (Å²) in [5, 5.41) is 0. The number of Topliss-reactive ketones (excluding diaryl/α,β-unsaturated/α-hetero) is 2. The highest BCUT2D eigenvalue weighted by molar-refractivity contribution is 6.13. The Bertz CT molecular complexity index is 520. The van der Waals surface area contributed by atoms with Crippen molar-refractivity contribution in [2.75, 3.05) is 25.1 Å². The zero-order chi connectivity index (χ0) is 12.0. The number of nitrogens with zero attached hydrogens (tertiary/aromatic N) is 1. The lowest BCUT2D eigenvalue weighted by Gasteiger charge is -2.35. The molecule has 0 amide bonds. The van der Waals surface area contributed by atoms with Crippen LogP contribution in [0.3, 0.4) is 0 Å². The van der Waals surface area contributed by atoms with Crippen molar-refractivity contribution in [3.63, 3.8) is 0 Å². The van der Waals surface area contributed by atoms with Crippen LogP contribution in [0.25, 0.3) is 0 Å². The summed E-state index contributed by atoms with van der Waals surface area (Å²) in [5.74, 6) is 0.771. The molecule has 2 aliphatic rings. The van der Waals surface area contributed by atoms with Gasteiger partial charge in [-0.3, -0.25) is 9.59 Å². The molecule has 4 heteroatoms. The lowest BCUT2D eigenvalue weighted by Crippen LogP contribution is -2.38. The predicted molar refractivity (Wildman–Crippen MR) is 63.1 cm³/mol. The van der Waals surface area contributed by atoms with Gasteiger partial charge in [-0.05, 0) is 12.1 Å². The van der Waals surface area contributed by atoms with Gasteiger partial charge in [0.15, 0.2) is 11.6 Å². The summed E-state index contributed by atoms with van der Waals surface area (Å²) >= 11 is 0. The van der Waals surface area contributed by atoms with Gasteiger partial charge in [0.2, 0.25) is 0 Å². The fourth-order valence-electron chi connectivity index (χ4n) is 2.63. The molecule has 0 aromatic heterocycles. The van der Waals surface area contributed by atoms with Crippen LogP contribution < -0.4 is 9.64 Å². The van der Waals surface area contributed by atoms with Crippen molar-refractivity contribution in [1.29, 1.82) is 0 Å². The van der Waals surface area contributed by atoms with E-state index in [1.165, 1.54) is 0 Å². The molecule has 0 radical (unpaired) electrons. The van der Waals surface area contributed by atoms with E-state index in [-0.39, 0.29) is 11.6 Å². The number of anilines is 1. The summed E-state index contributed by atoms with van der Waals surface area (Å²) in [6.07, 6.45) is 1.04. The Kier molecular flexibility index (Phi) is 2.18. The van der Waals surface area contributed by atoms with E-state index in [1.54, 1.807) is 19.2 Å². The quantitative estimate of drug-likeness (QED) is 0.737. The highest BCUT2D eigenvalue weighted by atomic mass is 16.5. The maximum atomic E-state index is 12.0. The molecule has 0 bridgehead atoms. The van der Waals surface area contributed by atoms with Gasteiger partial charge in [-0.25, -0.2) is 0 Å². The Morgan fingerprint density at radius 2 is 1.82 bits per heavy atom. The fraction of sp³-hybridized carbons (Fsp3) is 0.385. The van der Waals surface area contributed by atoms with E-state index >= 15 is 0 Å². The predicted octanol–water partition coefficient (Wildman–Crippen LogP) is 1.67. The first-order chi connectivity index (χ1) is 8.22. The molecule has 4 nitrogen and oxygen atoms in total. The van der Waals surface area contributed by atoms with Crippen LogP contribution in [-0.2, 0) is 0 Å². The first-order valence-electron chi connectivity index (χ1n) is 5.74. The number of rotatable bonds is 1. The van der Waals surface area contributed by atoms with Crippen molar-refractivity contribution in [1.82, 2.24) is 0 Å². The number of ether oxygens (including phenoxy) is 1. The first kappa shape index (κ1) is 10.3. The molecule has 3 rings (SSSR count). The van der Waals surface area contributed by atoms with Crippen molar-refractivity contribution in [2.45, 2.75) is 12.8 Å². The number of benzene rings is 1. The zero-order valence-electron chi connectivity index (χ0n) is 9.66. The van der Waals surface area contributed by atoms with E-state index in [9.17, 15) is 9.59 Å². The summed E-state index contributed by atoms with van der Waals surface area (Å²) in [6, 6.07) is 3.49. The maximum Gasteiger partial charge on any atom is 0.170 e. The van der Waals surface area contributed by atoms with Crippen LogP contribution in [0, 0.1) is 0 Å². The normalized spacial score (nSPS) is 18.1. The molecule has 1 aromatic carbocycles. The second kappa shape index (κ2) is 3.58. The molecule has 17 heavy (non-hydrogen) atoms. The summed E-state index contributed by atoms with van der Waals surface area (Å²) in [4.78, 5) is 26.0. The van der Waals surface area contributed by atoms with E-state index in [0.717, 1.165) is 5.69 Å². The number of carbonyl (C=O) groups excluding carboxylic acids is 2. The van der Waals surface area contributed by atoms with Gasteiger partial charge in [-0.1, -0.05) is 0 Å². The van der Waals surface area contributed by atoms with Crippen LogP contribution in [0.1, 0.15) is 33.6 Å². The zero-order valence-corrected chi connectivity index (χ0v) is 9.66. The molecule has 88 valence electrons. The van der Waals surface area contributed by atoms with Crippen LogP contribution in [-0.4, -0.2) is 31.8 Å². The van der Waals surface area contributed by atoms with E-state index in [2.05, 4.69) is 4.90 Å². The fourth-order valence-corrected chi connectivity index (χ4v) is 2.63. The average molecular weight is 231 g/mol. The Morgan fingerprint density at radius 3 is 2.53 bits per heavy atom. The topological polar surface area (TPSA) is 46.6 Å². The van der Waals surface area contributed by atoms with Crippen molar-refractivity contribution in [3.8, 4) is 5.75 Å². The third-order valence-corrected chi connectivity index (χ3v) is 3.47. The largest absolute Gasteiger partial charge is 0.496 e. The van der Waals surface area contributed by atoms with Gasteiger partial charge in [-0.2, -0.15) is 0 Å². The SMILES string of the molecule is COc1ccc2c3c1C(=O)CCN3CCC2=O. The summed E-state index contributed by atoms with van der Waals surface area (Å²) < 4.78 is 5.23. The van der Waals surface area contributed by atoms with Crippen LogP contribution in [0.5, 0.6) is 5.75 Å². The molecule has 2 heterocycles. The van der Waals surface area contributed by atoms with Crippen LogP contribution in [0.4, 0.5) is 5.69 Å². The molecule has 2 aliphatic heterocycles. The molecule has 0 N–H and O–H groups in total. The van der Waals surface area contributed by atoms with Gasteiger partial charge >= 0.3 is 0 Å². The smallest absolute Gasteiger partial charge is 0.170 e. The highest BCUT2D eigenvalue weighted by Crippen LogP contribution is 2.39. The lowest BCUT2D eigenvalue weighted by molar-refractivity contribution is 0.0967. The molecular weight excluding hydrogens is 218 g/mol. The van der Waals surface area contributed by atoms with Crippen molar-refractivity contribution in [2.24, 2.45) is 0 Å². The van der Waals surface area contributed by atoms with Crippen LogP contribution in [0.15, 0.2) is 12.1 Å². The van der Waals surface area contributed by atoms with E-state index < -0.39 is 0 Å². The maximum absolute atomic E-state index is 12.0. The molecule has 0 saturated heterocycles. The standard InChI is InChI=1S/C13H13NO3/c1-17-11-3-2-8-9(15)4-6-14-7-5-10(16)12(11)13(8)14/h2-3H,4-7H2,1H3. The molecule has 1 aromatic rings. The van der Waals surface area contributed by atoms with Gasteiger partial charge < -0.3 is 9.64 Å². The van der Waals surface area contributed by atoms with Crippen LogP contribution >= 0.6 is 0 Å². The summed E-state index contributed by atoms with van der Waals surface area (Å²) in [6.45, 7) is 1.42. The van der Waals surface area contributed by atoms with Crippen molar-refractivity contribution >= 4 is 17.3 Å². The van der Waals surface area contributed by atoms with E-state index in [0.29, 0.717) is 42.8 Å². The van der Waals surface area contributed by atoms with E-state index in [1.807, 2.05) is 0 Å². The second-order valence-electron chi connectivity index (χ2n) is 4.37. The number of methoxy groups -OCH3 is 1. The minimum absolute atomic E-state index is 0.0738. The second-order valence-corrected chi connectivity index (χ2v) is 4.37. The molecule has 0 saturated carbocycles. The minimum Gasteiger partial charge on any atom is -0.496 e. The summed E-state index contributed by atoms with van der Waals surface area (Å²) in [7, 11) is 1.55. The monoisotopic (exact) mass is 231 g/mol. The van der Waals surface area contributed by atoms with Gasteiger partial charge in [0, 0.05) is 31.5 Å². The Morgan fingerprint density at radius 1 is 1.12 bits per heavy atom. The number of carbonyl (C=O) groups is 2. The van der Waals surface area contributed by atoms with Gasteiger partial charge in [0.1, 0.15) is 5.75 Å². The molecule has 0 unspecified atom stereocenters. The number of hydrogen-bond donors (Lipinski definition) is 0. The van der Waals surface area contributed by atoms with Crippen molar-refractivity contribution in [3.05, 3.63) is 23.3 Å². The highest BCUT2D eigenvalue weighted by Gasteiger charge is 2.33. The van der Waals surface area contributed by atoms with Gasteiger partial charge in [0.05, 0.1) is 18.4 Å². The Labute approximate surface area is 99.2 Å². The third kappa shape index (κ3) is 1.37. The van der Waals surface area contributed by atoms with Gasteiger partial charge in [-0.15, -0.1) is 0 Å². The minimum atomic E-state index is 0.0738. The Hall–Kier alpha value is -1.84. The molecular formula is C13H13NO3. The third-order valence-electron chi connectivity index (χ3n) is 3.47. The van der Waals surface area contributed by atoms with Gasteiger partial charge in [0.25, 0.3) is 0 Å². The average Bonchev–Trinajstić information content (AvgIpc) is 2.36. The lowest BCUT2D eigenvalue weighted by atomic mass is 9.90. The molecule has 0 atom stereocenters. The Balaban J connectivity index is 2.30. The van der Waals surface area contributed by atoms with E-state index in [4.69, 9.17) is 4.74 Å².